The molecular formula is C20H21ClN2O4. The van der Waals surface area contributed by atoms with Gasteiger partial charge in [0.15, 0.2) is 6.61 Å². The number of esters is 1. The second-order valence-electron chi connectivity index (χ2n) is 6.06. The van der Waals surface area contributed by atoms with E-state index in [1.807, 2.05) is 19.1 Å². The summed E-state index contributed by atoms with van der Waals surface area (Å²) in [5.41, 5.74) is 2.24. The molecule has 7 heteroatoms. The molecule has 1 atom stereocenters. The summed E-state index contributed by atoms with van der Waals surface area (Å²) in [6, 6.07) is 13.8. The van der Waals surface area contributed by atoms with Gasteiger partial charge in [-0.3, -0.25) is 14.4 Å². The lowest BCUT2D eigenvalue weighted by atomic mass is 10.1. The van der Waals surface area contributed by atoms with E-state index in [-0.39, 0.29) is 18.5 Å². The first kappa shape index (κ1) is 20.5. The zero-order valence-electron chi connectivity index (χ0n) is 15.1. The number of ether oxygens (including phenoxy) is 1. The van der Waals surface area contributed by atoms with E-state index in [2.05, 4.69) is 10.6 Å². The van der Waals surface area contributed by atoms with Crippen LogP contribution in [0, 0.1) is 6.92 Å². The van der Waals surface area contributed by atoms with Gasteiger partial charge in [0, 0.05) is 10.6 Å². The molecule has 6 nitrogen and oxygen atoms in total. The second-order valence-corrected chi connectivity index (χ2v) is 6.49. The van der Waals surface area contributed by atoms with Crippen LogP contribution in [0.3, 0.4) is 0 Å². The van der Waals surface area contributed by atoms with Crippen molar-refractivity contribution in [3.8, 4) is 0 Å². The molecule has 0 radical (unpaired) electrons. The van der Waals surface area contributed by atoms with Crippen LogP contribution in [0.15, 0.2) is 48.5 Å². The summed E-state index contributed by atoms with van der Waals surface area (Å²) in [5.74, 6) is -1.52. The Labute approximate surface area is 162 Å². The van der Waals surface area contributed by atoms with E-state index >= 15 is 0 Å². The van der Waals surface area contributed by atoms with E-state index in [0.29, 0.717) is 10.6 Å². The highest BCUT2D eigenvalue weighted by atomic mass is 35.5. The Hall–Kier alpha value is -2.86. The van der Waals surface area contributed by atoms with Crippen molar-refractivity contribution in [2.45, 2.75) is 19.9 Å². The monoisotopic (exact) mass is 388 g/mol. The van der Waals surface area contributed by atoms with Crippen LogP contribution in [0.5, 0.6) is 0 Å². The van der Waals surface area contributed by atoms with E-state index in [9.17, 15) is 14.4 Å². The Morgan fingerprint density at radius 1 is 1.11 bits per heavy atom. The predicted octanol–water partition coefficient (Wildman–Crippen LogP) is 2.80. The highest BCUT2D eigenvalue weighted by Gasteiger charge is 2.13. The number of hydrogen-bond donors (Lipinski definition) is 2. The fourth-order valence-corrected chi connectivity index (χ4v) is 2.58. The van der Waals surface area contributed by atoms with Crippen LogP contribution < -0.4 is 10.6 Å². The van der Waals surface area contributed by atoms with Crippen molar-refractivity contribution in [1.82, 2.24) is 10.6 Å². The van der Waals surface area contributed by atoms with E-state index in [1.165, 1.54) is 0 Å². The number of nitrogens with one attached hydrogen (secondary N) is 2. The second kappa shape index (κ2) is 9.73. The summed E-state index contributed by atoms with van der Waals surface area (Å²) >= 11 is 5.92. The molecule has 2 aromatic rings. The van der Waals surface area contributed by atoms with Crippen LogP contribution >= 0.6 is 11.6 Å². The molecule has 2 N–H and O–H groups in total. The maximum absolute atomic E-state index is 12.0. The maximum Gasteiger partial charge on any atom is 0.325 e. The molecule has 0 aromatic heterocycles. The smallest absolute Gasteiger partial charge is 0.325 e. The summed E-state index contributed by atoms with van der Waals surface area (Å²) < 4.78 is 4.88. The topological polar surface area (TPSA) is 84.5 Å². The molecule has 0 saturated heterocycles. The Balaban J connectivity index is 1.73. The van der Waals surface area contributed by atoms with Gasteiger partial charge in [-0.2, -0.15) is 0 Å². The molecule has 0 aliphatic carbocycles. The Kier molecular flexibility index (Phi) is 7.37. The number of rotatable bonds is 7. The zero-order chi connectivity index (χ0) is 19.8. The molecule has 0 heterocycles. The summed E-state index contributed by atoms with van der Waals surface area (Å²) in [7, 11) is 0. The largest absolute Gasteiger partial charge is 0.454 e. The minimum atomic E-state index is -0.693. The van der Waals surface area contributed by atoms with E-state index < -0.39 is 18.5 Å². The van der Waals surface area contributed by atoms with Gasteiger partial charge in [-0.05, 0) is 43.7 Å². The minimum absolute atomic E-state index is 0.282. The van der Waals surface area contributed by atoms with Gasteiger partial charge in [0.25, 0.3) is 11.8 Å². The van der Waals surface area contributed by atoms with E-state index in [1.54, 1.807) is 43.3 Å². The molecule has 2 rings (SSSR count). The average molecular weight is 389 g/mol. The van der Waals surface area contributed by atoms with E-state index in [4.69, 9.17) is 16.3 Å². The fourth-order valence-electron chi connectivity index (χ4n) is 2.38. The normalized spacial score (nSPS) is 11.4. The van der Waals surface area contributed by atoms with Crippen molar-refractivity contribution < 1.29 is 19.1 Å². The molecule has 0 spiro atoms. The summed E-state index contributed by atoms with van der Waals surface area (Å²) in [4.78, 5) is 35.6. The lowest BCUT2D eigenvalue weighted by molar-refractivity contribution is -0.147. The summed E-state index contributed by atoms with van der Waals surface area (Å²) in [5, 5.41) is 5.75. The molecule has 2 amide bonds. The Bertz CT molecular complexity index is 838. The molecule has 0 bridgehead atoms. The summed E-state index contributed by atoms with van der Waals surface area (Å²) in [6.07, 6.45) is 0. The first-order valence-corrected chi connectivity index (χ1v) is 8.78. The van der Waals surface area contributed by atoms with Gasteiger partial charge in [-0.25, -0.2) is 0 Å². The quantitative estimate of drug-likeness (QED) is 0.714. The highest BCUT2D eigenvalue weighted by molar-refractivity contribution is 6.30. The van der Waals surface area contributed by atoms with Crippen molar-refractivity contribution in [3.05, 3.63) is 70.2 Å². The standard InChI is InChI=1S/C20H21ClN2O4/c1-13-5-3-7-16(9-13)20(26)22-11-19(25)27-12-18(24)23-14(2)15-6-4-8-17(21)10-15/h3-10,14H,11-12H2,1-2H3,(H,22,26)(H,23,24)/t14-/m1/s1. The fraction of sp³-hybridized carbons (Fsp3) is 0.250. The molecule has 27 heavy (non-hydrogen) atoms. The maximum atomic E-state index is 12.0. The SMILES string of the molecule is Cc1cccc(C(=O)NCC(=O)OCC(=O)N[C@H](C)c2cccc(Cl)c2)c1. The number of hydrogen-bond acceptors (Lipinski definition) is 4. The van der Waals surface area contributed by atoms with Gasteiger partial charge in [0.05, 0.1) is 6.04 Å². The first-order valence-electron chi connectivity index (χ1n) is 8.40. The molecule has 0 aliphatic heterocycles. The molecular weight excluding hydrogens is 368 g/mol. The van der Waals surface area contributed by atoms with Crippen LogP contribution in [0.1, 0.15) is 34.5 Å². The third-order valence-electron chi connectivity index (χ3n) is 3.76. The van der Waals surface area contributed by atoms with Crippen LogP contribution in [0.4, 0.5) is 0 Å². The van der Waals surface area contributed by atoms with Gasteiger partial charge >= 0.3 is 5.97 Å². The number of halogens is 1. The third-order valence-corrected chi connectivity index (χ3v) is 4.00. The number of aryl methyl sites for hydroxylation is 1. The predicted molar refractivity (Wildman–Crippen MR) is 102 cm³/mol. The number of carbonyl (C=O) groups excluding carboxylic acids is 3. The van der Waals surface area contributed by atoms with Crippen molar-refractivity contribution in [3.63, 3.8) is 0 Å². The molecule has 2 aromatic carbocycles. The van der Waals surface area contributed by atoms with Crippen LogP contribution in [0.25, 0.3) is 0 Å². The van der Waals surface area contributed by atoms with E-state index in [0.717, 1.165) is 11.1 Å². The molecule has 0 unspecified atom stereocenters. The zero-order valence-corrected chi connectivity index (χ0v) is 15.9. The minimum Gasteiger partial charge on any atom is -0.454 e. The summed E-state index contributed by atoms with van der Waals surface area (Å²) in [6.45, 7) is 2.93. The van der Waals surface area contributed by atoms with Crippen LogP contribution in [-0.2, 0) is 14.3 Å². The number of benzene rings is 2. The lowest BCUT2D eigenvalue weighted by Gasteiger charge is -2.14. The molecule has 142 valence electrons. The Morgan fingerprint density at radius 2 is 1.85 bits per heavy atom. The molecule has 0 saturated carbocycles. The number of carbonyl (C=O) groups is 3. The third kappa shape index (κ3) is 6.75. The van der Waals surface area contributed by atoms with Crippen LogP contribution in [-0.4, -0.2) is 30.9 Å². The Morgan fingerprint density at radius 3 is 2.56 bits per heavy atom. The van der Waals surface area contributed by atoms with Crippen molar-refractivity contribution in [1.29, 1.82) is 0 Å². The van der Waals surface area contributed by atoms with Gasteiger partial charge in [-0.15, -0.1) is 0 Å². The van der Waals surface area contributed by atoms with Gasteiger partial charge < -0.3 is 15.4 Å². The van der Waals surface area contributed by atoms with Crippen molar-refractivity contribution in [2.75, 3.05) is 13.2 Å². The average Bonchev–Trinajstić information content (AvgIpc) is 2.64. The van der Waals surface area contributed by atoms with Gasteiger partial charge in [-0.1, -0.05) is 41.4 Å². The van der Waals surface area contributed by atoms with Crippen LogP contribution in [0.2, 0.25) is 5.02 Å². The highest BCUT2D eigenvalue weighted by Crippen LogP contribution is 2.17. The number of amides is 2. The molecule has 0 aliphatic rings. The molecule has 0 fully saturated rings. The van der Waals surface area contributed by atoms with Gasteiger partial charge in [0.2, 0.25) is 0 Å². The van der Waals surface area contributed by atoms with Crippen molar-refractivity contribution in [2.24, 2.45) is 0 Å². The van der Waals surface area contributed by atoms with Gasteiger partial charge in [0.1, 0.15) is 6.54 Å². The lowest BCUT2D eigenvalue weighted by Crippen LogP contribution is -2.34. The van der Waals surface area contributed by atoms with Crippen molar-refractivity contribution >= 4 is 29.4 Å². The first-order chi connectivity index (χ1) is 12.8.